The van der Waals surface area contributed by atoms with Gasteiger partial charge in [-0.05, 0) is 111 Å². The number of fused-ring (bicyclic) bond motifs is 2. The van der Waals surface area contributed by atoms with E-state index in [1.54, 1.807) is 23.5 Å². The van der Waals surface area contributed by atoms with Gasteiger partial charge in [-0.3, -0.25) is 34.1 Å². The van der Waals surface area contributed by atoms with E-state index in [1.165, 1.54) is 0 Å². The summed E-state index contributed by atoms with van der Waals surface area (Å²) in [5.41, 5.74) is 12.2. The highest BCUT2D eigenvalue weighted by atomic mass is 16.2. The summed E-state index contributed by atoms with van der Waals surface area (Å²) in [5.74, 6) is 0.325. The molecule has 0 radical (unpaired) electrons. The molecule has 6 heterocycles. The standard InChI is InChI=1S/C33H46N8O3.C15H16N2O2/c1-3-4-5-30(42)40-12-8-24(9-13-40)21-29(33(44)41-16-14-39(15-17-41)27-6-10-35-11-7-27)37-32(43)28(34)20-25-18-23(2)31-26(19-25)22-36-38-31;18-10-17-7-5-11(6-8-17)13-9-12-3-1-2-4-14(12)16-15(13)19/h6-7,10-11,18-19,22,24,28-29H,3-5,8-9,12-17,20-21,34H2,1-2H3,(H,36,38)(H,37,43);1-4,9-11H,5-8H2,(H,16,19). The molecule has 3 aliphatic rings. The number of para-hydroxylation sites is 1. The number of piperazine rings is 1. The molecule has 0 saturated carbocycles. The van der Waals surface area contributed by atoms with Crippen molar-refractivity contribution in [3.8, 4) is 0 Å². The molecular weight excluding hydrogens is 797 g/mol. The van der Waals surface area contributed by atoms with Crippen molar-refractivity contribution in [3.63, 3.8) is 0 Å². The average Bonchev–Trinajstić information content (AvgIpc) is 3.80. The fourth-order valence-electron chi connectivity index (χ4n) is 9.26. The average molecular weight is 859 g/mol. The number of anilines is 1. The van der Waals surface area contributed by atoms with E-state index < -0.39 is 12.1 Å². The molecule has 63 heavy (non-hydrogen) atoms. The van der Waals surface area contributed by atoms with Crippen LogP contribution in [-0.4, -0.2) is 123 Å². The van der Waals surface area contributed by atoms with Crippen molar-refractivity contribution in [1.29, 1.82) is 0 Å². The number of amides is 4. The number of pyridine rings is 2. The molecule has 334 valence electrons. The lowest BCUT2D eigenvalue weighted by Gasteiger charge is -2.39. The number of benzene rings is 2. The van der Waals surface area contributed by atoms with Crippen LogP contribution >= 0.6 is 0 Å². The van der Waals surface area contributed by atoms with Gasteiger partial charge in [0.25, 0.3) is 5.56 Å². The van der Waals surface area contributed by atoms with Crippen LogP contribution in [0, 0.1) is 12.8 Å². The number of hydrogen-bond acceptors (Lipinski definition) is 9. The third-order valence-electron chi connectivity index (χ3n) is 13.0. The summed E-state index contributed by atoms with van der Waals surface area (Å²) in [5, 5.41) is 12.2. The van der Waals surface area contributed by atoms with Crippen molar-refractivity contribution < 1.29 is 19.2 Å². The third kappa shape index (κ3) is 11.5. The van der Waals surface area contributed by atoms with E-state index >= 15 is 0 Å². The van der Waals surface area contributed by atoms with Crippen molar-refractivity contribution >= 4 is 51.6 Å². The van der Waals surface area contributed by atoms with Gasteiger partial charge in [0.2, 0.25) is 24.1 Å². The van der Waals surface area contributed by atoms with Crippen LogP contribution < -0.4 is 21.5 Å². The van der Waals surface area contributed by atoms with Crippen molar-refractivity contribution in [2.45, 2.75) is 89.6 Å². The van der Waals surface area contributed by atoms with Crippen LogP contribution in [-0.2, 0) is 25.6 Å². The summed E-state index contributed by atoms with van der Waals surface area (Å²) in [6.07, 6.45) is 13.0. The molecule has 2 atom stereocenters. The number of nitrogens with zero attached hydrogens (tertiary/aromatic N) is 6. The van der Waals surface area contributed by atoms with Crippen molar-refractivity contribution in [3.05, 3.63) is 100 Å². The Morgan fingerprint density at radius 2 is 1.63 bits per heavy atom. The Morgan fingerprint density at radius 1 is 0.905 bits per heavy atom. The second-order valence-corrected chi connectivity index (χ2v) is 17.4. The van der Waals surface area contributed by atoms with E-state index in [-0.39, 0.29) is 35.1 Å². The molecule has 3 aromatic heterocycles. The topological polar surface area (TPSA) is 194 Å². The smallest absolute Gasteiger partial charge is 0.251 e. The number of piperidine rings is 2. The molecular formula is C48H62N10O5. The second kappa shape index (κ2) is 21.3. The van der Waals surface area contributed by atoms with Crippen LogP contribution in [0.2, 0.25) is 0 Å². The number of rotatable bonds is 13. The van der Waals surface area contributed by atoms with Gasteiger partial charge in [-0.1, -0.05) is 37.6 Å². The summed E-state index contributed by atoms with van der Waals surface area (Å²) in [7, 11) is 0. The minimum atomic E-state index is -0.796. The zero-order valence-electron chi connectivity index (χ0n) is 36.6. The molecule has 15 nitrogen and oxygen atoms in total. The molecule has 3 saturated heterocycles. The van der Waals surface area contributed by atoms with Crippen molar-refractivity contribution in [2.24, 2.45) is 11.7 Å². The lowest BCUT2D eigenvalue weighted by Crippen LogP contribution is -2.57. The number of H-pyrrole nitrogens is 2. The number of nitrogens with two attached hydrogens (primary N) is 1. The molecule has 8 rings (SSSR count). The van der Waals surface area contributed by atoms with Gasteiger partial charge < -0.3 is 35.6 Å². The number of unbranched alkanes of at least 4 members (excludes halogenated alkanes) is 1. The Bertz CT molecular complexity index is 2380. The van der Waals surface area contributed by atoms with E-state index in [0.717, 1.165) is 102 Å². The fourth-order valence-corrected chi connectivity index (χ4v) is 9.26. The number of aromatic amines is 2. The molecule has 0 bridgehead atoms. The molecule has 15 heteroatoms. The Balaban J connectivity index is 0.000000259. The maximum atomic E-state index is 14.0. The summed E-state index contributed by atoms with van der Waals surface area (Å²) in [6.45, 7) is 9.54. The van der Waals surface area contributed by atoms with Crippen molar-refractivity contribution in [1.82, 2.24) is 40.2 Å². The molecule has 0 aliphatic carbocycles. The lowest BCUT2D eigenvalue weighted by atomic mass is 9.89. The van der Waals surface area contributed by atoms with E-state index in [2.05, 4.69) is 37.3 Å². The monoisotopic (exact) mass is 858 g/mol. The number of aryl methyl sites for hydroxylation is 1. The molecule has 0 spiro atoms. The lowest BCUT2D eigenvalue weighted by molar-refractivity contribution is -0.138. The van der Waals surface area contributed by atoms with Gasteiger partial charge in [-0.15, -0.1) is 0 Å². The summed E-state index contributed by atoms with van der Waals surface area (Å²) in [4.78, 5) is 77.7. The predicted octanol–water partition coefficient (Wildman–Crippen LogP) is 4.65. The molecule has 5 N–H and O–H groups in total. The first kappa shape index (κ1) is 44.9. The number of aromatic nitrogens is 4. The summed E-state index contributed by atoms with van der Waals surface area (Å²) < 4.78 is 0. The zero-order valence-corrected chi connectivity index (χ0v) is 36.6. The number of nitrogens with one attached hydrogen (secondary N) is 3. The summed E-state index contributed by atoms with van der Waals surface area (Å²) >= 11 is 0. The summed E-state index contributed by atoms with van der Waals surface area (Å²) in [6, 6.07) is 16.3. The molecule has 2 aromatic carbocycles. The first-order chi connectivity index (χ1) is 30.6. The van der Waals surface area contributed by atoms with Gasteiger partial charge in [0.15, 0.2) is 0 Å². The Morgan fingerprint density at radius 3 is 2.35 bits per heavy atom. The molecule has 4 amide bonds. The highest BCUT2D eigenvalue weighted by molar-refractivity contribution is 5.90. The third-order valence-corrected chi connectivity index (χ3v) is 13.0. The molecule has 5 aromatic rings. The van der Waals surface area contributed by atoms with Crippen LogP contribution in [0.1, 0.15) is 80.9 Å². The van der Waals surface area contributed by atoms with Crippen LogP contribution in [0.25, 0.3) is 21.8 Å². The van der Waals surface area contributed by atoms with Gasteiger partial charge in [0, 0.05) is 93.3 Å². The maximum Gasteiger partial charge on any atom is 0.251 e. The van der Waals surface area contributed by atoms with E-state index in [1.807, 2.05) is 71.3 Å². The van der Waals surface area contributed by atoms with Gasteiger partial charge in [0.05, 0.1) is 17.8 Å². The van der Waals surface area contributed by atoms with E-state index in [0.29, 0.717) is 58.5 Å². The normalized spacial score (nSPS) is 17.3. The molecule has 3 fully saturated rings. The largest absolute Gasteiger partial charge is 0.368 e. The maximum absolute atomic E-state index is 14.0. The predicted molar refractivity (Wildman–Crippen MR) is 245 cm³/mol. The Labute approximate surface area is 368 Å². The highest BCUT2D eigenvalue weighted by Gasteiger charge is 2.34. The van der Waals surface area contributed by atoms with E-state index in [4.69, 9.17) is 5.73 Å². The van der Waals surface area contributed by atoms with Crippen LogP contribution in [0.15, 0.2) is 78.0 Å². The highest BCUT2D eigenvalue weighted by Crippen LogP contribution is 2.28. The molecule has 2 unspecified atom stereocenters. The number of likely N-dealkylation sites (tertiary alicyclic amines) is 2. The van der Waals surface area contributed by atoms with Crippen molar-refractivity contribution in [2.75, 3.05) is 57.3 Å². The van der Waals surface area contributed by atoms with Gasteiger partial charge in [-0.25, -0.2) is 0 Å². The van der Waals surface area contributed by atoms with E-state index in [9.17, 15) is 24.0 Å². The Kier molecular flexibility index (Phi) is 15.2. The number of carbonyl (C=O) groups is 4. The van der Waals surface area contributed by atoms with Crippen LogP contribution in [0.5, 0.6) is 0 Å². The minimum absolute atomic E-state index is 0.00301. The SMILES string of the molecule is CCCCC(=O)N1CCC(CC(NC(=O)C(N)Cc2cc(C)c3[nH]ncc3c2)C(=O)N2CCN(c3ccncc3)CC2)CC1.O=CN1CCC(c2cc3ccccc3[nH]c2=O)CC1. The fraction of sp³-hybridized carbons (Fsp3) is 0.479. The Hall–Kier alpha value is -6.09. The first-order valence-corrected chi connectivity index (χ1v) is 22.6. The van der Waals surface area contributed by atoms with Gasteiger partial charge in [-0.2, -0.15) is 5.10 Å². The molecule has 3 aliphatic heterocycles. The van der Waals surface area contributed by atoms with Crippen LogP contribution in [0.4, 0.5) is 5.69 Å². The van der Waals surface area contributed by atoms with Crippen LogP contribution in [0.3, 0.4) is 0 Å². The minimum Gasteiger partial charge on any atom is -0.368 e. The number of hydrogen-bond donors (Lipinski definition) is 4. The van der Waals surface area contributed by atoms with Gasteiger partial charge in [0.1, 0.15) is 6.04 Å². The van der Waals surface area contributed by atoms with Gasteiger partial charge >= 0.3 is 0 Å². The first-order valence-electron chi connectivity index (χ1n) is 22.6. The number of carbonyl (C=O) groups excluding carboxylic acids is 4. The second-order valence-electron chi connectivity index (χ2n) is 17.4. The zero-order chi connectivity index (χ0) is 44.3. The quantitative estimate of drug-likeness (QED) is 0.122.